The van der Waals surface area contributed by atoms with Crippen LogP contribution in [-0.4, -0.2) is 16.0 Å². The summed E-state index contributed by atoms with van der Waals surface area (Å²) >= 11 is 0. The topological polar surface area (TPSA) is 45.8 Å². The van der Waals surface area contributed by atoms with E-state index in [2.05, 4.69) is 16.1 Å². The zero-order chi connectivity index (χ0) is 9.26. The first-order valence-electron chi connectivity index (χ1n) is 3.75. The molecule has 0 aliphatic heterocycles. The van der Waals surface area contributed by atoms with Crippen molar-refractivity contribution in [2.24, 2.45) is 0 Å². The number of aromatic amines is 1. The van der Waals surface area contributed by atoms with Crippen LogP contribution in [0.15, 0.2) is 24.4 Å². The van der Waals surface area contributed by atoms with Gasteiger partial charge in [0.1, 0.15) is 0 Å². The van der Waals surface area contributed by atoms with Gasteiger partial charge in [-0.3, -0.25) is 9.89 Å². The number of terminal acetylenes is 1. The minimum absolute atomic E-state index is 0.309. The summed E-state index contributed by atoms with van der Waals surface area (Å²) < 4.78 is 0. The number of rotatable bonds is 1. The molecule has 2 aromatic rings. The summed E-state index contributed by atoms with van der Waals surface area (Å²) in [7, 11) is 0. The summed E-state index contributed by atoms with van der Waals surface area (Å²) in [5, 5.41) is 7.57. The highest BCUT2D eigenvalue weighted by Gasteiger charge is 2.03. The smallest absolute Gasteiger partial charge is 0.235 e. The van der Waals surface area contributed by atoms with Crippen LogP contribution in [-0.2, 0) is 0 Å². The van der Waals surface area contributed by atoms with E-state index in [0.29, 0.717) is 5.56 Å². The fourth-order valence-electron chi connectivity index (χ4n) is 1.16. The quantitative estimate of drug-likeness (QED) is 0.399. The van der Waals surface area contributed by atoms with Crippen molar-refractivity contribution < 1.29 is 4.79 Å². The Morgan fingerprint density at radius 2 is 2.38 bits per heavy atom. The Balaban J connectivity index is 2.62. The number of fused-ring (bicyclic) bond motifs is 1. The van der Waals surface area contributed by atoms with Crippen molar-refractivity contribution in [3.05, 3.63) is 30.0 Å². The molecule has 0 atom stereocenters. The van der Waals surface area contributed by atoms with Gasteiger partial charge in [-0.25, -0.2) is 0 Å². The Morgan fingerprint density at radius 3 is 3.15 bits per heavy atom. The normalized spacial score (nSPS) is 9.77. The van der Waals surface area contributed by atoms with Gasteiger partial charge in [0.2, 0.25) is 5.78 Å². The van der Waals surface area contributed by atoms with Crippen molar-refractivity contribution in [2.45, 2.75) is 0 Å². The third-order valence-corrected chi connectivity index (χ3v) is 1.84. The first-order chi connectivity index (χ1) is 6.31. The maximum Gasteiger partial charge on any atom is 0.235 e. The summed E-state index contributed by atoms with van der Waals surface area (Å²) in [6.07, 6.45) is 6.69. The maximum absolute atomic E-state index is 11.1. The molecule has 3 heteroatoms. The first-order valence-corrected chi connectivity index (χ1v) is 3.75. The molecule has 1 heterocycles. The van der Waals surface area contributed by atoms with E-state index >= 15 is 0 Å². The van der Waals surface area contributed by atoms with Crippen LogP contribution >= 0.6 is 0 Å². The van der Waals surface area contributed by atoms with Crippen molar-refractivity contribution >= 4 is 16.7 Å². The predicted octanol–water partition coefficient (Wildman–Crippen LogP) is 1.38. The van der Waals surface area contributed by atoms with Gasteiger partial charge in [0.15, 0.2) is 0 Å². The number of hydrogen-bond donors (Lipinski definition) is 1. The summed E-state index contributed by atoms with van der Waals surface area (Å²) in [4.78, 5) is 11.1. The minimum atomic E-state index is -0.309. The van der Waals surface area contributed by atoms with E-state index in [4.69, 9.17) is 6.42 Å². The molecule has 13 heavy (non-hydrogen) atoms. The number of ketones is 1. The fourth-order valence-corrected chi connectivity index (χ4v) is 1.16. The molecule has 2 rings (SSSR count). The number of carbonyl (C=O) groups excluding carboxylic acids is 1. The molecule has 0 spiro atoms. The van der Waals surface area contributed by atoms with E-state index < -0.39 is 0 Å². The number of Topliss-reactive ketones (excluding diaryl/α,β-unsaturated/α-hetero) is 1. The Morgan fingerprint density at radius 1 is 1.54 bits per heavy atom. The van der Waals surface area contributed by atoms with E-state index in [1.54, 1.807) is 18.3 Å². The predicted molar refractivity (Wildman–Crippen MR) is 49.3 cm³/mol. The molecule has 0 amide bonds. The Labute approximate surface area is 74.8 Å². The Kier molecular flexibility index (Phi) is 1.60. The molecular weight excluding hydrogens is 164 g/mol. The molecular formula is C10H6N2O. The summed E-state index contributed by atoms with van der Waals surface area (Å²) in [6, 6.07) is 5.20. The van der Waals surface area contributed by atoms with Crippen molar-refractivity contribution in [1.82, 2.24) is 10.2 Å². The SMILES string of the molecule is C#CC(=O)c1ccc2cn[nH]c2c1. The van der Waals surface area contributed by atoms with Gasteiger partial charge in [-0.2, -0.15) is 5.10 Å². The van der Waals surface area contributed by atoms with E-state index in [9.17, 15) is 4.79 Å². The molecule has 1 N–H and O–H groups in total. The highest BCUT2D eigenvalue weighted by atomic mass is 16.1. The van der Waals surface area contributed by atoms with Gasteiger partial charge in [0.05, 0.1) is 11.7 Å². The van der Waals surface area contributed by atoms with Gasteiger partial charge >= 0.3 is 0 Å². The lowest BCUT2D eigenvalue weighted by Crippen LogP contribution is -1.93. The molecule has 1 aromatic heterocycles. The molecule has 0 fully saturated rings. The van der Waals surface area contributed by atoms with Crippen LogP contribution < -0.4 is 0 Å². The molecule has 3 nitrogen and oxygen atoms in total. The van der Waals surface area contributed by atoms with E-state index in [0.717, 1.165) is 10.9 Å². The standard InChI is InChI=1S/C10H6N2O/c1-2-10(13)7-3-4-8-6-11-12-9(8)5-7/h1,3-6H,(H,11,12). The number of nitrogens with zero attached hydrogens (tertiary/aromatic N) is 1. The Hall–Kier alpha value is -2.08. The van der Waals surface area contributed by atoms with E-state index in [-0.39, 0.29) is 5.78 Å². The number of H-pyrrole nitrogens is 1. The minimum Gasteiger partial charge on any atom is -0.279 e. The number of hydrogen-bond acceptors (Lipinski definition) is 2. The number of benzene rings is 1. The van der Waals surface area contributed by atoms with E-state index in [1.165, 1.54) is 0 Å². The zero-order valence-electron chi connectivity index (χ0n) is 6.74. The van der Waals surface area contributed by atoms with Crippen molar-refractivity contribution in [3.8, 4) is 12.3 Å². The number of aromatic nitrogens is 2. The second-order valence-corrected chi connectivity index (χ2v) is 2.65. The summed E-state index contributed by atoms with van der Waals surface area (Å²) in [5.41, 5.74) is 1.33. The van der Waals surface area contributed by atoms with Crippen molar-refractivity contribution in [3.63, 3.8) is 0 Å². The molecule has 62 valence electrons. The summed E-state index contributed by atoms with van der Waals surface area (Å²) in [5.74, 6) is 1.76. The molecule has 0 aliphatic rings. The van der Waals surface area contributed by atoms with Crippen LogP contribution in [0, 0.1) is 12.3 Å². The van der Waals surface area contributed by atoms with Gasteiger partial charge in [-0.05, 0) is 18.1 Å². The lowest BCUT2D eigenvalue weighted by Gasteiger charge is -1.93. The molecule has 0 saturated heterocycles. The van der Waals surface area contributed by atoms with E-state index in [1.807, 2.05) is 6.07 Å². The van der Waals surface area contributed by atoms with Crippen molar-refractivity contribution in [2.75, 3.05) is 0 Å². The number of carbonyl (C=O) groups is 1. The molecule has 0 radical (unpaired) electrons. The van der Waals surface area contributed by atoms with Crippen LogP contribution in [0.5, 0.6) is 0 Å². The lowest BCUT2D eigenvalue weighted by molar-refractivity contribution is 0.105. The highest BCUT2D eigenvalue weighted by Crippen LogP contribution is 2.12. The first kappa shape index (κ1) is 7.56. The second-order valence-electron chi connectivity index (χ2n) is 2.65. The molecule has 0 bridgehead atoms. The highest BCUT2D eigenvalue weighted by molar-refractivity contribution is 6.10. The molecule has 0 unspecified atom stereocenters. The third kappa shape index (κ3) is 1.18. The third-order valence-electron chi connectivity index (χ3n) is 1.84. The average molecular weight is 170 g/mol. The maximum atomic E-state index is 11.1. The van der Waals surface area contributed by atoms with Crippen LogP contribution in [0.4, 0.5) is 0 Å². The van der Waals surface area contributed by atoms with Crippen LogP contribution in [0.25, 0.3) is 10.9 Å². The summed E-state index contributed by atoms with van der Waals surface area (Å²) in [6.45, 7) is 0. The van der Waals surface area contributed by atoms with Gasteiger partial charge in [0, 0.05) is 10.9 Å². The van der Waals surface area contributed by atoms with Gasteiger partial charge in [-0.1, -0.05) is 6.07 Å². The molecule has 1 aromatic carbocycles. The average Bonchev–Trinajstić information content (AvgIpc) is 2.63. The van der Waals surface area contributed by atoms with Gasteiger partial charge in [-0.15, -0.1) is 6.42 Å². The van der Waals surface area contributed by atoms with Gasteiger partial charge in [0.25, 0.3) is 0 Å². The van der Waals surface area contributed by atoms with Gasteiger partial charge < -0.3 is 0 Å². The van der Waals surface area contributed by atoms with Crippen LogP contribution in [0.2, 0.25) is 0 Å². The van der Waals surface area contributed by atoms with Crippen LogP contribution in [0.3, 0.4) is 0 Å². The van der Waals surface area contributed by atoms with Crippen LogP contribution in [0.1, 0.15) is 10.4 Å². The largest absolute Gasteiger partial charge is 0.279 e. The fraction of sp³-hybridized carbons (Fsp3) is 0. The van der Waals surface area contributed by atoms with Crippen molar-refractivity contribution in [1.29, 1.82) is 0 Å². The molecule has 0 aliphatic carbocycles. The Bertz CT molecular complexity index is 505. The zero-order valence-corrected chi connectivity index (χ0v) is 6.74. The monoisotopic (exact) mass is 170 g/mol. The second kappa shape index (κ2) is 2.76. The number of nitrogens with one attached hydrogen (secondary N) is 1. The lowest BCUT2D eigenvalue weighted by atomic mass is 10.1. The molecule has 0 saturated carbocycles.